The number of thioether (sulfide) groups is 1. The molecule has 0 amide bonds. The number of Topliss-reactive ketones (excluding diaryl/α,β-unsaturated/α-hetero) is 1. The molecular weight excluding hydrogens is 260 g/mol. The zero-order valence-corrected chi connectivity index (χ0v) is 11.4. The van der Waals surface area contributed by atoms with Crippen molar-refractivity contribution >= 4 is 17.5 Å². The average Bonchev–Trinajstić information content (AvgIpc) is 2.83. The molecule has 2 aromatic rings. The lowest BCUT2D eigenvalue weighted by Gasteiger charge is -2.24. The Labute approximate surface area is 115 Å². The zero-order chi connectivity index (χ0) is 13.2. The number of hydrogen-bond acceptors (Lipinski definition) is 4. The van der Waals surface area contributed by atoms with E-state index in [1.54, 1.807) is 16.4 Å². The third kappa shape index (κ3) is 2.66. The van der Waals surface area contributed by atoms with Crippen LogP contribution >= 0.6 is 11.8 Å². The van der Waals surface area contributed by atoms with Gasteiger partial charge in [-0.1, -0.05) is 12.1 Å². The topological polar surface area (TPSA) is 44.1 Å². The van der Waals surface area contributed by atoms with Gasteiger partial charge in [0.25, 0.3) is 0 Å². The van der Waals surface area contributed by atoms with Crippen molar-refractivity contribution in [2.45, 2.75) is 17.4 Å². The Bertz CT molecular complexity index is 609. The van der Waals surface area contributed by atoms with Crippen molar-refractivity contribution < 1.29 is 9.53 Å². The first-order valence-electron chi connectivity index (χ1n) is 6.12. The molecular formula is C14H14N2O2S. The molecule has 1 aromatic heterocycles. The number of nitrogens with zero attached hydrogens (tertiary/aromatic N) is 2. The van der Waals surface area contributed by atoms with E-state index in [0.29, 0.717) is 12.2 Å². The molecule has 3 rings (SSSR count). The van der Waals surface area contributed by atoms with Gasteiger partial charge in [-0.3, -0.25) is 9.48 Å². The number of rotatable bonds is 3. The van der Waals surface area contributed by atoms with Crippen molar-refractivity contribution in [3.63, 3.8) is 0 Å². The van der Waals surface area contributed by atoms with Gasteiger partial charge in [-0.25, -0.2) is 0 Å². The van der Waals surface area contributed by atoms with Gasteiger partial charge in [-0.2, -0.15) is 5.10 Å². The molecule has 0 fully saturated rings. The van der Waals surface area contributed by atoms with E-state index in [2.05, 4.69) is 5.10 Å². The van der Waals surface area contributed by atoms with E-state index >= 15 is 0 Å². The van der Waals surface area contributed by atoms with Crippen molar-refractivity contribution in [1.82, 2.24) is 9.78 Å². The predicted molar refractivity (Wildman–Crippen MR) is 73.5 cm³/mol. The molecule has 0 N–H and O–H groups in total. The lowest BCUT2D eigenvalue weighted by Crippen LogP contribution is -2.33. The summed E-state index contributed by atoms with van der Waals surface area (Å²) in [5, 5.41) is 4.22. The highest BCUT2D eigenvalue weighted by molar-refractivity contribution is 7.99. The molecule has 0 radical (unpaired) electrons. The molecule has 0 spiro atoms. The fourth-order valence-corrected chi connectivity index (χ4v) is 3.05. The summed E-state index contributed by atoms with van der Waals surface area (Å²) >= 11 is 1.67. The van der Waals surface area contributed by atoms with Crippen molar-refractivity contribution in [2.75, 3.05) is 5.75 Å². The van der Waals surface area contributed by atoms with E-state index < -0.39 is 0 Å². The summed E-state index contributed by atoms with van der Waals surface area (Å²) in [5.74, 6) is 1.56. The summed E-state index contributed by atoms with van der Waals surface area (Å²) in [6.45, 7) is 0. The molecule has 1 aromatic carbocycles. The van der Waals surface area contributed by atoms with Gasteiger partial charge < -0.3 is 4.74 Å². The minimum Gasteiger partial charge on any atom is -0.481 e. The van der Waals surface area contributed by atoms with E-state index in [0.717, 1.165) is 16.3 Å². The molecule has 0 saturated carbocycles. The zero-order valence-electron chi connectivity index (χ0n) is 10.6. The average molecular weight is 274 g/mol. The summed E-state index contributed by atoms with van der Waals surface area (Å²) in [6.07, 6.45) is 1.80. The van der Waals surface area contributed by atoms with Gasteiger partial charge in [-0.05, 0) is 18.2 Å². The molecule has 98 valence electrons. The number of carbonyl (C=O) groups excluding carboxylic acids is 1. The molecule has 4 nitrogen and oxygen atoms in total. The van der Waals surface area contributed by atoms with Crippen LogP contribution in [0.25, 0.3) is 0 Å². The van der Waals surface area contributed by atoms with Crippen LogP contribution in [0, 0.1) is 0 Å². The van der Waals surface area contributed by atoms with Crippen LogP contribution in [0.5, 0.6) is 5.75 Å². The minimum atomic E-state index is -0.373. The lowest BCUT2D eigenvalue weighted by atomic mass is 10.1. The van der Waals surface area contributed by atoms with Crippen LogP contribution in [-0.4, -0.2) is 27.4 Å². The summed E-state index contributed by atoms with van der Waals surface area (Å²) in [5.41, 5.74) is 0.792. The first-order valence-corrected chi connectivity index (χ1v) is 7.10. The van der Waals surface area contributed by atoms with E-state index in [9.17, 15) is 4.79 Å². The predicted octanol–water partition coefficient (Wildman–Crippen LogP) is 2.08. The maximum atomic E-state index is 12.2. The van der Waals surface area contributed by atoms with Gasteiger partial charge in [-0.15, -0.1) is 11.8 Å². The molecule has 0 bridgehead atoms. The smallest absolute Gasteiger partial charge is 0.180 e. The van der Waals surface area contributed by atoms with Crippen LogP contribution in [0.15, 0.2) is 41.4 Å². The minimum absolute atomic E-state index is 0.0840. The molecule has 0 saturated heterocycles. The molecule has 1 atom stereocenters. The quantitative estimate of drug-likeness (QED) is 0.859. The SMILES string of the molecule is Cn1ccc(CC(=O)C2CSc3ccccc3O2)n1. The van der Waals surface area contributed by atoms with Gasteiger partial charge in [0.05, 0.1) is 12.1 Å². The first-order chi connectivity index (χ1) is 9.22. The van der Waals surface area contributed by atoms with Crippen molar-refractivity contribution in [1.29, 1.82) is 0 Å². The second-order valence-electron chi connectivity index (χ2n) is 4.49. The monoisotopic (exact) mass is 274 g/mol. The fraction of sp³-hybridized carbons (Fsp3) is 0.286. The number of ketones is 1. The number of ether oxygens (including phenoxy) is 1. The normalized spacial score (nSPS) is 17.6. The number of benzene rings is 1. The van der Waals surface area contributed by atoms with Gasteiger partial charge in [0.2, 0.25) is 0 Å². The second kappa shape index (κ2) is 5.09. The first kappa shape index (κ1) is 12.3. The van der Waals surface area contributed by atoms with Crippen molar-refractivity contribution in [3.05, 3.63) is 42.2 Å². The highest BCUT2D eigenvalue weighted by Crippen LogP contribution is 2.35. The Morgan fingerprint density at radius 1 is 1.47 bits per heavy atom. The van der Waals surface area contributed by atoms with Crippen LogP contribution < -0.4 is 4.74 Å². The number of para-hydroxylation sites is 1. The Kier molecular flexibility index (Phi) is 3.29. The maximum absolute atomic E-state index is 12.2. The third-order valence-electron chi connectivity index (χ3n) is 2.99. The second-order valence-corrected chi connectivity index (χ2v) is 5.55. The van der Waals surface area contributed by atoms with Crippen LogP contribution in [0.4, 0.5) is 0 Å². The molecule has 1 unspecified atom stereocenters. The summed E-state index contributed by atoms with van der Waals surface area (Å²) in [6, 6.07) is 9.68. The lowest BCUT2D eigenvalue weighted by molar-refractivity contribution is -0.124. The molecule has 0 aliphatic carbocycles. The van der Waals surface area contributed by atoms with Crippen LogP contribution in [0.2, 0.25) is 0 Å². The highest BCUT2D eigenvalue weighted by Gasteiger charge is 2.26. The Balaban J connectivity index is 1.69. The standard InChI is InChI=1S/C14H14N2O2S/c1-16-7-6-10(15-16)8-11(17)13-9-19-14-5-3-2-4-12(14)18-13/h2-7,13H,8-9H2,1H3. The number of aryl methyl sites for hydroxylation is 1. The Morgan fingerprint density at radius 2 is 2.32 bits per heavy atom. The van der Waals surface area contributed by atoms with Crippen LogP contribution in [-0.2, 0) is 18.3 Å². The third-order valence-corrected chi connectivity index (χ3v) is 4.11. The fourth-order valence-electron chi connectivity index (χ4n) is 2.03. The van der Waals surface area contributed by atoms with Crippen LogP contribution in [0.1, 0.15) is 5.69 Å². The van der Waals surface area contributed by atoms with Crippen molar-refractivity contribution in [3.8, 4) is 5.75 Å². The van der Waals surface area contributed by atoms with E-state index in [1.165, 1.54) is 0 Å². The van der Waals surface area contributed by atoms with Gasteiger partial charge in [0.15, 0.2) is 11.9 Å². The van der Waals surface area contributed by atoms with E-state index in [-0.39, 0.29) is 11.9 Å². The number of aromatic nitrogens is 2. The van der Waals surface area contributed by atoms with E-state index in [1.807, 2.05) is 43.6 Å². The van der Waals surface area contributed by atoms with Gasteiger partial charge >= 0.3 is 0 Å². The number of hydrogen-bond donors (Lipinski definition) is 0. The molecule has 2 heterocycles. The number of fused-ring (bicyclic) bond motifs is 1. The summed E-state index contributed by atoms with van der Waals surface area (Å²) < 4.78 is 7.47. The number of carbonyl (C=O) groups is 1. The van der Waals surface area contributed by atoms with Crippen LogP contribution in [0.3, 0.4) is 0 Å². The summed E-state index contributed by atoms with van der Waals surface area (Å²) in [4.78, 5) is 13.3. The Hall–Kier alpha value is -1.75. The van der Waals surface area contributed by atoms with Crippen molar-refractivity contribution in [2.24, 2.45) is 7.05 Å². The Morgan fingerprint density at radius 3 is 3.11 bits per heavy atom. The summed E-state index contributed by atoms with van der Waals surface area (Å²) in [7, 11) is 1.84. The van der Waals surface area contributed by atoms with Gasteiger partial charge in [0.1, 0.15) is 5.75 Å². The molecule has 1 aliphatic rings. The molecule has 19 heavy (non-hydrogen) atoms. The molecule has 5 heteroatoms. The largest absolute Gasteiger partial charge is 0.481 e. The maximum Gasteiger partial charge on any atom is 0.180 e. The van der Waals surface area contributed by atoms with E-state index in [4.69, 9.17) is 4.74 Å². The molecule has 1 aliphatic heterocycles. The highest BCUT2D eigenvalue weighted by atomic mass is 32.2. The van der Waals surface area contributed by atoms with Gasteiger partial charge in [0, 0.05) is 23.9 Å².